The first kappa shape index (κ1) is 16.2. The summed E-state index contributed by atoms with van der Waals surface area (Å²) < 4.78 is 40.2. The molecule has 2 aromatic carbocycles. The summed E-state index contributed by atoms with van der Waals surface area (Å²) >= 11 is 11.8. The van der Waals surface area contributed by atoms with Crippen LogP contribution in [0, 0.1) is 12.7 Å². The standard InChI is InChI=1S/C14H12Cl2FNO2S/c1-9-5-6-10(7-13(9)17)8-18-21(19,20)14-11(15)3-2-4-12(14)16/h2-7,18H,8H2,1H3. The Bertz CT molecular complexity index is 758. The molecule has 0 unspecified atom stereocenters. The molecule has 2 aromatic rings. The first-order chi connectivity index (χ1) is 9.81. The highest BCUT2D eigenvalue weighted by molar-refractivity contribution is 7.89. The SMILES string of the molecule is Cc1ccc(CNS(=O)(=O)c2c(Cl)cccc2Cl)cc1F. The Balaban J connectivity index is 2.24. The van der Waals surface area contributed by atoms with E-state index in [1.165, 1.54) is 18.2 Å². The molecule has 0 atom stereocenters. The van der Waals surface area contributed by atoms with Crippen molar-refractivity contribution in [2.75, 3.05) is 0 Å². The maximum atomic E-state index is 13.4. The molecule has 1 N–H and O–H groups in total. The molecule has 0 radical (unpaired) electrons. The van der Waals surface area contributed by atoms with Crippen molar-refractivity contribution in [1.29, 1.82) is 0 Å². The summed E-state index contributed by atoms with van der Waals surface area (Å²) in [6, 6.07) is 8.95. The summed E-state index contributed by atoms with van der Waals surface area (Å²) in [6.07, 6.45) is 0. The fraction of sp³-hybridized carbons (Fsp3) is 0.143. The molecule has 0 aliphatic rings. The van der Waals surface area contributed by atoms with E-state index < -0.39 is 10.0 Å². The van der Waals surface area contributed by atoms with Crippen LogP contribution in [-0.2, 0) is 16.6 Å². The number of sulfonamides is 1. The first-order valence-corrected chi connectivity index (χ1v) is 8.24. The van der Waals surface area contributed by atoms with Gasteiger partial charge in [-0.15, -0.1) is 0 Å². The molecule has 21 heavy (non-hydrogen) atoms. The number of rotatable bonds is 4. The van der Waals surface area contributed by atoms with E-state index in [1.807, 2.05) is 0 Å². The molecule has 0 aliphatic heterocycles. The molecule has 0 amide bonds. The van der Waals surface area contributed by atoms with Crippen LogP contribution in [0.15, 0.2) is 41.3 Å². The van der Waals surface area contributed by atoms with Crippen LogP contribution in [0.2, 0.25) is 10.0 Å². The van der Waals surface area contributed by atoms with Gasteiger partial charge in [-0.1, -0.05) is 41.4 Å². The second-order valence-electron chi connectivity index (χ2n) is 4.46. The Labute approximate surface area is 132 Å². The van der Waals surface area contributed by atoms with Crippen molar-refractivity contribution in [2.24, 2.45) is 0 Å². The quantitative estimate of drug-likeness (QED) is 0.910. The Morgan fingerprint density at radius 3 is 2.33 bits per heavy atom. The van der Waals surface area contributed by atoms with Crippen molar-refractivity contribution in [3.8, 4) is 0 Å². The number of hydrogen-bond donors (Lipinski definition) is 1. The van der Waals surface area contributed by atoms with Crippen molar-refractivity contribution in [1.82, 2.24) is 4.72 Å². The number of benzene rings is 2. The number of nitrogens with one attached hydrogen (secondary N) is 1. The van der Waals surface area contributed by atoms with Gasteiger partial charge < -0.3 is 0 Å². The van der Waals surface area contributed by atoms with E-state index in [-0.39, 0.29) is 27.3 Å². The molecular formula is C14H12Cl2FNO2S. The molecule has 0 saturated carbocycles. The summed E-state index contributed by atoms with van der Waals surface area (Å²) in [5.74, 6) is -0.387. The average Bonchev–Trinajstić information content (AvgIpc) is 2.40. The average molecular weight is 348 g/mol. The van der Waals surface area contributed by atoms with Gasteiger partial charge in [-0.3, -0.25) is 0 Å². The second kappa shape index (κ2) is 6.32. The Morgan fingerprint density at radius 1 is 1.14 bits per heavy atom. The molecule has 7 heteroatoms. The van der Waals surface area contributed by atoms with Gasteiger partial charge in [-0.25, -0.2) is 17.5 Å². The summed E-state index contributed by atoms with van der Waals surface area (Å²) in [6.45, 7) is 1.58. The highest BCUT2D eigenvalue weighted by Crippen LogP contribution is 2.28. The maximum absolute atomic E-state index is 13.4. The zero-order valence-electron chi connectivity index (χ0n) is 11.0. The predicted molar refractivity (Wildman–Crippen MR) is 81.6 cm³/mol. The van der Waals surface area contributed by atoms with Gasteiger partial charge in [0.25, 0.3) is 0 Å². The fourth-order valence-corrected chi connectivity index (χ4v) is 3.89. The van der Waals surface area contributed by atoms with Gasteiger partial charge in [0.1, 0.15) is 10.7 Å². The molecular weight excluding hydrogens is 336 g/mol. The van der Waals surface area contributed by atoms with Gasteiger partial charge in [0, 0.05) is 6.54 Å². The Hall–Kier alpha value is -1.14. The maximum Gasteiger partial charge on any atom is 0.243 e. The Kier molecular flexibility index (Phi) is 4.88. The van der Waals surface area contributed by atoms with Gasteiger partial charge in [-0.2, -0.15) is 0 Å². The van der Waals surface area contributed by atoms with Crippen LogP contribution < -0.4 is 4.72 Å². The summed E-state index contributed by atoms with van der Waals surface area (Å²) in [4.78, 5) is -0.180. The third-order valence-corrected chi connectivity index (χ3v) is 5.25. The lowest BCUT2D eigenvalue weighted by atomic mass is 10.1. The van der Waals surface area contributed by atoms with E-state index in [0.29, 0.717) is 11.1 Å². The number of aryl methyl sites for hydroxylation is 1. The van der Waals surface area contributed by atoms with Gasteiger partial charge in [0.05, 0.1) is 10.0 Å². The smallest absolute Gasteiger partial charge is 0.207 e. The minimum atomic E-state index is -3.88. The largest absolute Gasteiger partial charge is 0.243 e. The molecule has 0 saturated heterocycles. The lowest BCUT2D eigenvalue weighted by Crippen LogP contribution is -2.24. The number of halogens is 3. The molecule has 3 nitrogen and oxygen atoms in total. The van der Waals surface area contributed by atoms with Crippen molar-refractivity contribution in [3.63, 3.8) is 0 Å². The van der Waals surface area contributed by atoms with E-state index >= 15 is 0 Å². The zero-order chi connectivity index (χ0) is 15.6. The van der Waals surface area contributed by atoms with E-state index in [0.717, 1.165) is 0 Å². The third kappa shape index (κ3) is 3.74. The molecule has 0 aromatic heterocycles. The van der Waals surface area contributed by atoms with Crippen molar-refractivity contribution < 1.29 is 12.8 Å². The van der Waals surface area contributed by atoms with Crippen LogP contribution in [0.25, 0.3) is 0 Å². The highest BCUT2D eigenvalue weighted by Gasteiger charge is 2.21. The minimum absolute atomic E-state index is 0.0325. The summed E-state index contributed by atoms with van der Waals surface area (Å²) in [5.41, 5.74) is 1.00. The van der Waals surface area contributed by atoms with Gasteiger partial charge in [0.2, 0.25) is 10.0 Å². The van der Waals surface area contributed by atoms with Gasteiger partial charge >= 0.3 is 0 Å². The molecule has 0 spiro atoms. The second-order valence-corrected chi connectivity index (χ2v) is 6.98. The first-order valence-electron chi connectivity index (χ1n) is 6.00. The monoisotopic (exact) mass is 347 g/mol. The van der Waals surface area contributed by atoms with E-state index in [4.69, 9.17) is 23.2 Å². The van der Waals surface area contributed by atoms with E-state index in [9.17, 15) is 12.8 Å². The highest BCUT2D eigenvalue weighted by atomic mass is 35.5. The van der Waals surface area contributed by atoms with Gasteiger partial charge in [0.15, 0.2) is 0 Å². The lowest BCUT2D eigenvalue weighted by molar-refractivity contribution is 0.580. The predicted octanol–water partition coefficient (Wildman–Crippen LogP) is 3.92. The van der Waals surface area contributed by atoms with Crippen LogP contribution in [0.5, 0.6) is 0 Å². The van der Waals surface area contributed by atoms with Gasteiger partial charge in [-0.05, 0) is 36.2 Å². The van der Waals surface area contributed by atoms with E-state index in [2.05, 4.69) is 4.72 Å². The van der Waals surface area contributed by atoms with Crippen LogP contribution >= 0.6 is 23.2 Å². The normalized spacial score (nSPS) is 11.6. The summed E-state index contributed by atoms with van der Waals surface area (Å²) in [7, 11) is -3.88. The number of hydrogen-bond acceptors (Lipinski definition) is 2. The third-order valence-electron chi connectivity index (χ3n) is 2.89. The molecule has 2 rings (SSSR count). The molecule has 0 bridgehead atoms. The van der Waals surface area contributed by atoms with Crippen molar-refractivity contribution in [3.05, 3.63) is 63.4 Å². The van der Waals surface area contributed by atoms with Crippen molar-refractivity contribution in [2.45, 2.75) is 18.4 Å². The van der Waals surface area contributed by atoms with Crippen LogP contribution in [0.1, 0.15) is 11.1 Å². The lowest BCUT2D eigenvalue weighted by Gasteiger charge is -2.10. The van der Waals surface area contributed by atoms with Crippen molar-refractivity contribution >= 4 is 33.2 Å². The molecule has 0 heterocycles. The fourth-order valence-electron chi connectivity index (χ4n) is 1.74. The van der Waals surface area contributed by atoms with Crippen LogP contribution in [0.3, 0.4) is 0 Å². The Morgan fingerprint density at radius 2 is 1.76 bits per heavy atom. The summed E-state index contributed by atoms with van der Waals surface area (Å²) in [5, 5.41) is 0.0650. The zero-order valence-corrected chi connectivity index (χ0v) is 13.4. The minimum Gasteiger partial charge on any atom is -0.207 e. The molecule has 0 aliphatic carbocycles. The van der Waals surface area contributed by atoms with Crippen LogP contribution in [-0.4, -0.2) is 8.42 Å². The molecule has 0 fully saturated rings. The topological polar surface area (TPSA) is 46.2 Å². The van der Waals surface area contributed by atoms with Crippen LogP contribution in [0.4, 0.5) is 4.39 Å². The van der Waals surface area contributed by atoms with E-state index in [1.54, 1.807) is 25.1 Å². The molecule has 112 valence electrons.